The van der Waals surface area contributed by atoms with Crippen molar-refractivity contribution in [1.29, 1.82) is 0 Å². The van der Waals surface area contributed by atoms with Crippen LogP contribution in [0.5, 0.6) is 0 Å². The summed E-state index contributed by atoms with van der Waals surface area (Å²) in [7, 11) is 0. The van der Waals surface area contributed by atoms with Crippen molar-refractivity contribution in [3.05, 3.63) is 24.3 Å². The minimum Gasteiger partial charge on any atom is -0.253 e. The lowest BCUT2D eigenvalue weighted by molar-refractivity contribution is -0.743. The maximum Gasteiger partial charge on any atom is 0.219 e. The molecule has 0 saturated heterocycles. The standard InChI is InChI=1S/C6H7N4/c7-10-2-1-8-3-6(10)4-9-5-10/h1-5H,7H2/q+1. The summed E-state index contributed by atoms with van der Waals surface area (Å²) in [5, 5.41) is 0. The van der Waals surface area contributed by atoms with Crippen molar-refractivity contribution in [1.82, 2.24) is 0 Å². The van der Waals surface area contributed by atoms with Gasteiger partial charge in [0.2, 0.25) is 6.34 Å². The van der Waals surface area contributed by atoms with Crippen molar-refractivity contribution in [3.63, 3.8) is 0 Å². The Labute approximate surface area is 58.2 Å². The zero-order chi connectivity index (χ0) is 7.03. The summed E-state index contributed by atoms with van der Waals surface area (Å²) in [6.45, 7) is 0. The van der Waals surface area contributed by atoms with E-state index in [4.69, 9.17) is 5.84 Å². The third kappa shape index (κ3) is 0.570. The molecule has 0 aromatic rings. The quantitative estimate of drug-likeness (QED) is 0.372. The second-order valence-corrected chi connectivity index (χ2v) is 2.23. The number of allylic oxidation sites excluding steroid dienone is 1. The van der Waals surface area contributed by atoms with Crippen LogP contribution in [-0.4, -0.2) is 17.1 Å². The van der Waals surface area contributed by atoms with Crippen molar-refractivity contribution in [2.45, 2.75) is 0 Å². The fourth-order valence-corrected chi connectivity index (χ4v) is 0.913. The molecule has 2 aliphatic heterocycles. The van der Waals surface area contributed by atoms with Gasteiger partial charge in [0, 0.05) is 0 Å². The first-order chi connectivity index (χ1) is 4.81. The first kappa shape index (κ1) is 5.52. The molecule has 2 heterocycles. The Bertz CT molecular complexity index is 273. The summed E-state index contributed by atoms with van der Waals surface area (Å²) in [5.41, 5.74) is 0.891. The second-order valence-electron chi connectivity index (χ2n) is 2.23. The van der Waals surface area contributed by atoms with Crippen LogP contribution in [-0.2, 0) is 0 Å². The molecule has 0 amide bonds. The van der Waals surface area contributed by atoms with E-state index in [2.05, 4.69) is 9.98 Å². The molecule has 0 radical (unpaired) electrons. The van der Waals surface area contributed by atoms with E-state index in [1.54, 1.807) is 31.2 Å². The smallest absolute Gasteiger partial charge is 0.219 e. The SMILES string of the molecule is N[N+]12C=CN=CC1=CN=C2. The Morgan fingerprint density at radius 1 is 1.40 bits per heavy atom. The summed E-state index contributed by atoms with van der Waals surface area (Å²) < 4.78 is 0.156. The number of hydrogen-bond donors (Lipinski definition) is 1. The van der Waals surface area contributed by atoms with Crippen LogP contribution in [0.3, 0.4) is 0 Å². The highest BCUT2D eigenvalue weighted by molar-refractivity contribution is 5.81. The number of nitrogens with zero attached hydrogens (tertiary/aromatic N) is 3. The molecule has 50 valence electrons. The van der Waals surface area contributed by atoms with Crippen LogP contribution in [0.25, 0.3) is 0 Å². The first-order valence-electron chi connectivity index (χ1n) is 2.94. The molecule has 1 unspecified atom stereocenters. The Morgan fingerprint density at radius 3 is 3.10 bits per heavy atom. The van der Waals surface area contributed by atoms with Gasteiger partial charge in [-0.25, -0.2) is 4.99 Å². The van der Waals surface area contributed by atoms with Gasteiger partial charge in [0.1, 0.15) is 6.20 Å². The van der Waals surface area contributed by atoms with Crippen LogP contribution in [0.2, 0.25) is 0 Å². The molecular weight excluding hydrogens is 128 g/mol. The lowest BCUT2D eigenvalue weighted by atomic mass is 10.4. The highest BCUT2D eigenvalue weighted by atomic mass is 15.6. The summed E-state index contributed by atoms with van der Waals surface area (Å²) in [6, 6.07) is 0. The van der Waals surface area contributed by atoms with Gasteiger partial charge in [0.15, 0.2) is 5.70 Å². The predicted octanol–water partition coefficient (Wildman–Crippen LogP) is 0.116. The second kappa shape index (κ2) is 1.62. The highest BCUT2D eigenvalue weighted by Crippen LogP contribution is 2.16. The van der Waals surface area contributed by atoms with Crippen molar-refractivity contribution < 1.29 is 4.59 Å². The molecule has 2 N–H and O–H groups in total. The average Bonchev–Trinajstić information content (AvgIpc) is 2.29. The fraction of sp³-hybridized carbons (Fsp3) is 0. The summed E-state index contributed by atoms with van der Waals surface area (Å²) >= 11 is 0. The van der Waals surface area contributed by atoms with E-state index in [0.29, 0.717) is 0 Å². The number of nitrogens with two attached hydrogens (primary N) is 1. The number of aliphatic imine (C=N–C) groups is 2. The van der Waals surface area contributed by atoms with Gasteiger partial charge in [-0.2, -0.15) is 5.84 Å². The van der Waals surface area contributed by atoms with Gasteiger partial charge in [-0.1, -0.05) is 0 Å². The lowest BCUT2D eigenvalue weighted by Gasteiger charge is -2.19. The predicted molar refractivity (Wildman–Crippen MR) is 38.7 cm³/mol. The van der Waals surface area contributed by atoms with Crippen LogP contribution >= 0.6 is 0 Å². The van der Waals surface area contributed by atoms with Crippen LogP contribution in [0.1, 0.15) is 0 Å². The minimum absolute atomic E-state index is 0.156. The third-order valence-corrected chi connectivity index (χ3v) is 1.52. The third-order valence-electron chi connectivity index (χ3n) is 1.52. The lowest BCUT2D eigenvalue weighted by Crippen LogP contribution is -2.46. The molecule has 1 atom stereocenters. The van der Waals surface area contributed by atoms with Gasteiger partial charge < -0.3 is 0 Å². The van der Waals surface area contributed by atoms with Crippen molar-refractivity contribution in [2.24, 2.45) is 15.8 Å². The molecular formula is C6H7N4+. The van der Waals surface area contributed by atoms with Gasteiger partial charge in [0.25, 0.3) is 0 Å². The normalized spacial score (nSPS) is 34.3. The fourth-order valence-electron chi connectivity index (χ4n) is 0.913. The Kier molecular flexibility index (Phi) is 0.893. The molecule has 4 nitrogen and oxygen atoms in total. The topological polar surface area (TPSA) is 50.7 Å². The van der Waals surface area contributed by atoms with E-state index >= 15 is 0 Å². The Hall–Kier alpha value is -1.26. The molecule has 0 aromatic heterocycles. The zero-order valence-electron chi connectivity index (χ0n) is 5.31. The van der Waals surface area contributed by atoms with Gasteiger partial charge in [-0.05, 0) is 0 Å². The molecule has 0 spiro atoms. The van der Waals surface area contributed by atoms with Crippen LogP contribution in [0.4, 0.5) is 0 Å². The van der Waals surface area contributed by atoms with Crippen LogP contribution in [0, 0.1) is 0 Å². The Morgan fingerprint density at radius 2 is 2.30 bits per heavy atom. The summed E-state index contributed by atoms with van der Waals surface area (Å²) in [6.07, 6.45) is 8.48. The van der Waals surface area contributed by atoms with E-state index < -0.39 is 0 Å². The van der Waals surface area contributed by atoms with Crippen LogP contribution in [0.15, 0.2) is 34.3 Å². The molecule has 0 fully saturated rings. The van der Waals surface area contributed by atoms with Gasteiger partial charge >= 0.3 is 0 Å². The maximum atomic E-state index is 5.81. The van der Waals surface area contributed by atoms with E-state index in [1.807, 2.05) is 0 Å². The van der Waals surface area contributed by atoms with E-state index in [9.17, 15) is 0 Å². The Balaban J connectivity index is 2.51. The molecule has 0 aromatic carbocycles. The van der Waals surface area contributed by atoms with E-state index in [-0.39, 0.29) is 4.59 Å². The zero-order valence-corrected chi connectivity index (χ0v) is 5.31. The van der Waals surface area contributed by atoms with E-state index in [0.717, 1.165) is 5.70 Å². The van der Waals surface area contributed by atoms with E-state index in [1.165, 1.54) is 0 Å². The molecule has 2 aliphatic rings. The van der Waals surface area contributed by atoms with Gasteiger partial charge in [-0.3, -0.25) is 4.99 Å². The van der Waals surface area contributed by atoms with Gasteiger partial charge in [0.05, 0.1) is 18.6 Å². The van der Waals surface area contributed by atoms with Crippen molar-refractivity contribution in [3.8, 4) is 0 Å². The van der Waals surface area contributed by atoms with Crippen LogP contribution < -0.4 is 5.84 Å². The van der Waals surface area contributed by atoms with Gasteiger partial charge in [-0.15, -0.1) is 4.59 Å². The number of fused-ring (bicyclic) bond motifs is 1. The molecule has 2 rings (SSSR count). The summed E-state index contributed by atoms with van der Waals surface area (Å²) in [5.74, 6) is 5.81. The molecule has 0 saturated carbocycles. The number of hydrogen-bond acceptors (Lipinski definition) is 3. The van der Waals surface area contributed by atoms with Crippen molar-refractivity contribution >= 4 is 12.6 Å². The highest BCUT2D eigenvalue weighted by Gasteiger charge is 2.29. The molecule has 0 aliphatic carbocycles. The largest absolute Gasteiger partial charge is 0.253 e. The minimum atomic E-state index is 0.156. The summed E-state index contributed by atoms with van der Waals surface area (Å²) in [4.78, 5) is 7.83. The average molecular weight is 135 g/mol. The van der Waals surface area contributed by atoms with Crippen molar-refractivity contribution in [2.75, 3.05) is 0 Å². The maximum absolute atomic E-state index is 5.81. The molecule has 0 bridgehead atoms. The first-order valence-corrected chi connectivity index (χ1v) is 2.94. The number of quaternary nitrogens is 1. The molecule has 4 heteroatoms. The number of rotatable bonds is 0. The molecule has 10 heavy (non-hydrogen) atoms. The monoisotopic (exact) mass is 135 g/mol.